The van der Waals surface area contributed by atoms with E-state index in [-0.39, 0.29) is 0 Å². The summed E-state index contributed by atoms with van der Waals surface area (Å²) in [5, 5.41) is 9.77. The fourth-order valence-corrected chi connectivity index (χ4v) is 3.09. The highest BCUT2D eigenvalue weighted by Gasteiger charge is 2.07. The monoisotopic (exact) mass is 286 g/mol. The van der Waals surface area contributed by atoms with Crippen LogP contribution in [0.3, 0.4) is 0 Å². The molecule has 3 nitrogen and oxygen atoms in total. The molecule has 2 aromatic rings. The second kappa shape index (κ2) is 6.53. The third-order valence-corrected chi connectivity index (χ3v) is 4.17. The lowest BCUT2D eigenvalue weighted by atomic mass is 10.1. The van der Waals surface area contributed by atoms with Gasteiger partial charge in [-0.3, -0.25) is 0 Å². The summed E-state index contributed by atoms with van der Waals surface area (Å²) in [5.74, 6) is 0.910. The summed E-state index contributed by atoms with van der Waals surface area (Å²) in [7, 11) is 0. The van der Waals surface area contributed by atoms with E-state index in [9.17, 15) is 0 Å². The van der Waals surface area contributed by atoms with E-state index in [0.717, 1.165) is 27.7 Å². The standard InChI is InChI=1S/C16H18N2OS/c1-11-8-12(2)10-14(9-11)19-7-5-16-18-13(3)15(20-16)4-6-17/h8-10H,4-5,7H2,1-3H3. The molecule has 1 heterocycles. The molecule has 104 valence electrons. The lowest BCUT2D eigenvalue weighted by molar-refractivity contribution is 0.321. The molecule has 0 fully saturated rings. The molecular weight excluding hydrogens is 268 g/mol. The van der Waals surface area contributed by atoms with Crippen molar-refractivity contribution in [3.63, 3.8) is 0 Å². The van der Waals surface area contributed by atoms with Crippen LogP contribution in [-0.2, 0) is 12.8 Å². The van der Waals surface area contributed by atoms with Crippen LogP contribution in [0.25, 0.3) is 0 Å². The maximum Gasteiger partial charge on any atom is 0.119 e. The van der Waals surface area contributed by atoms with Crippen molar-refractivity contribution in [3.05, 3.63) is 44.9 Å². The van der Waals surface area contributed by atoms with Gasteiger partial charge < -0.3 is 4.74 Å². The maximum atomic E-state index is 8.73. The number of benzene rings is 1. The molecule has 1 aromatic heterocycles. The normalized spacial score (nSPS) is 10.3. The van der Waals surface area contributed by atoms with Gasteiger partial charge in [-0.1, -0.05) is 6.07 Å². The molecule has 0 aliphatic rings. The van der Waals surface area contributed by atoms with Gasteiger partial charge in [-0.05, 0) is 44.0 Å². The molecule has 0 bridgehead atoms. The van der Waals surface area contributed by atoms with Gasteiger partial charge >= 0.3 is 0 Å². The lowest BCUT2D eigenvalue weighted by Crippen LogP contribution is -2.01. The van der Waals surface area contributed by atoms with Crippen LogP contribution in [0, 0.1) is 32.1 Å². The molecule has 0 saturated heterocycles. The van der Waals surface area contributed by atoms with Gasteiger partial charge in [-0.15, -0.1) is 11.3 Å². The first kappa shape index (κ1) is 14.5. The number of aromatic nitrogens is 1. The van der Waals surface area contributed by atoms with Crippen LogP contribution in [0.4, 0.5) is 0 Å². The van der Waals surface area contributed by atoms with Crippen molar-refractivity contribution in [1.82, 2.24) is 4.98 Å². The van der Waals surface area contributed by atoms with Crippen molar-refractivity contribution in [2.45, 2.75) is 33.6 Å². The second-order valence-corrected chi connectivity index (χ2v) is 6.04. The van der Waals surface area contributed by atoms with Crippen LogP contribution in [0.5, 0.6) is 5.75 Å². The van der Waals surface area contributed by atoms with E-state index in [1.54, 1.807) is 11.3 Å². The molecule has 20 heavy (non-hydrogen) atoms. The number of rotatable bonds is 5. The molecule has 0 radical (unpaired) electrons. The molecule has 2 rings (SSSR count). The number of nitrogens with zero attached hydrogens (tertiary/aromatic N) is 2. The lowest BCUT2D eigenvalue weighted by Gasteiger charge is -2.07. The van der Waals surface area contributed by atoms with Crippen LogP contribution in [-0.4, -0.2) is 11.6 Å². The molecule has 0 amide bonds. The van der Waals surface area contributed by atoms with Crippen LogP contribution >= 0.6 is 11.3 Å². The Balaban J connectivity index is 1.92. The number of hydrogen-bond donors (Lipinski definition) is 0. The summed E-state index contributed by atoms with van der Waals surface area (Å²) >= 11 is 1.61. The molecule has 0 unspecified atom stereocenters. The largest absolute Gasteiger partial charge is 0.493 e. The van der Waals surface area contributed by atoms with Crippen molar-refractivity contribution >= 4 is 11.3 Å². The summed E-state index contributed by atoms with van der Waals surface area (Å²) in [6.07, 6.45) is 1.23. The van der Waals surface area contributed by atoms with Crippen LogP contribution in [0.15, 0.2) is 18.2 Å². The first-order valence-corrected chi connectivity index (χ1v) is 7.43. The zero-order chi connectivity index (χ0) is 14.5. The first-order chi connectivity index (χ1) is 9.58. The summed E-state index contributed by atoms with van der Waals surface area (Å²) in [6.45, 7) is 6.70. The third-order valence-electron chi connectivity index (χ3n) is 2.96. The van der Waals surface area contributed by atoms with Gasteiger partial charge in [0, 0.05) is 11.3 Å². The molecule has 4 heteroatoms. The molecule has 0 spiro atoms. The van der Waals surface area contributed by atoms with E-state index in [1.165, 1.54) is 11.1 Å². The third kappa shape index (κ3) is 3.82. The molecule has 0 N–H and O–H groups in total. The van der Waals surface area contributed by atoms with Crippen LogP contribution < -0.4 is 4.74 Å². The van der Waals surface area contributed by atoms with Crippen molar-refractivity contribution in [2.24, 2.45) is 0 Å². The van der Waals surface area contributed by atoms with Crippen LogP contribution in [0.2, 0.25) is 0 Å². The minimum Gasteiger partial charge on any atom is -0.493 e. The summed E-state index contributed by atoms with van der Waals surface area (Å²) in [4.78, 5) is 5.55. The van der Waals surface area contributed by atoms with Gasteiger partial charge in [-0.2, -0.15) is 5.26 Å². The highest BCUT2D eigenvalue weighted by molar-refractivity contribution is 7.11. The smallest absolute Gasteiger partial charge is 0.119 e. The summed E-state index contributed by atoms with van der Waals surface area (Å²) in [6, 6.07) is 8.39. The maximum absolute atomic E-state index is 8.73. The van der Waals surface area contributed by atoms with Crippen molar-refractivity contribution < 1.29 is 4.74 Å². The van der Waals surface area contributed by atoms with Gasteiger partial charge in [-0.25, -0.2) is 4.98 Å². The van der Waals surface area contributed by atoms with Gasteiger partial charge in [0.25, 0.3) is 0 Å². The van der Waals surface area contributed by atoms with E-state index in [4.69, 9.17) is 10.00 Å². The van der Waals surface area contributed by atoms with Crippen molar-refractivity contribution in [1.29, 1.82) is 5.26 Å². The van der Waals surface area contributed by atoms with Gasteiger partial charge in [0.1, 0.15) is 5.75 Å². The predicted molar refractivity (Wildman–Crippen MR) is 81.3 cm³/mol. The molecule has 1 aromatic carbocycles. The quantitative estimate of drug-likeness (QED) is 0.840. The zero-order valence-electron chi connectivity index (χ0n) is 12.1. The number of nitriles is 1. The summed E-state index contributed by atoms with van der Waals surface area (Å²) < 4.78 is 5.78. The Morgan fingerprint density at radius 3 is 2.55 bits per heavy atom. The van der Waals surface area contributed by atoms with Gasteiger partial charge in [0.05, 0.1) is 29.8 Å². The Bertz CT molecular complexity index is 620. The molecule has 0 aliphatic carbocycles. The zero-order valence-corrected chi connectivity index (χ0v) is 12.9. The summed E-state index contributed by atoms with van der Waals surface area (Å²) in [5.41, 5.74) is 3.39. The van der Waals surface area contributed by atoms with E-state index < -0.39 is 0 Å². The Morgan fingerprint density at radius 2 is 1.90 bits per heavy atom. The SMILES string of the molecule is Cc1cc(C)cc(OCCc2nc(C)c(CC#N)s2)c1. The number of aryl methyl sites for hydroxylation is 3. The minimum absolute atomic E-state index is 0.446. The van der Waals surface area contributed by atoms with E-state index in [1.807, 2.05) is 19.1 Å². The molecule has 0 atom stereocenters. The Hall–Kier alpha value is -1.86. The van der Waals surface area contributed by atoms with Crippen molar-refractivity contribution in [2.75, 3.05) is 6.61 Å². The molecule has 0 aliphatic heterocycles. The first-order valence-electron chi connectivity index (χ1n) is 6.61. The Kier molecular flexibility index (Phi) is 4.75. The average molecular weight is 286 g/mol. The second-order valence-electron chi connectivity index (χ2n) is 4.87. The van der Waals surface area contributed by atoms with E-state index in [2.05, 4.69) is 31.0 Å². The highest BCUT2D eigenvalue weighted by Crippen LogP contribution is 2.20. The van der Waals surface area contributed by atoms with E-state index >= 15 is 0 Å². The fraction of sp³-hybridized carbons (Fsp3) is 0.375. The average Bonchev–Trinajstić information content (AvgIpc) is 2.69. The number of ether oxygens (including phenoxy) is 1. The highest BCUT2D eigenvalue weighted by atomic mass is 32.1. The predicted octanol–water partition coefficient (Wildman–Crippen LogP) is 3.76. The van der Waals surface area contributed by atoms with Gasteiger partial charge in [0.2, 0.25) is 0 Å². The number of hydrogen-bond acceptors (Lipinski definition) is 4. The molecular formula is C16H18N2OS. The molecule has 0 saturated carbocycles. The minimum atomic E-state index is 0.446. The van der Waals surface area contributed by atoms with E-state index in [0.29, 0.717) is 13.0 Å². The fourth-order valence-electron chi connectivity index (χ4n) is 2.10. The topological polar surface area (TPSA) is 45.9 Å². The Labute approximate surface area is 123 Å². The van der Waals surface area contributed by atoms with Crippen molar-refractivity contribution in [3.8, 4) is 11.8 Å². The van der Waals surface area contributed by atoms with Crippen LogP contribution in [0.1, 0.15) is 26.7 Å². The number of thiazole rings is 1. The Morgan fingerprint density at radius 1 is 1.20 bits per heavy atom. The van der Waals surface area contributed by atoms with Gasteiger partial charge in [0.15, 0.2) is 0 Å².